The fourth-order valence-electron chi connectivity index (χ4n) is 3.88. The molecule has 0 bridgehead atoms. The number of carbonyl (C=O) groups excluding carboxylic acids is 2. The zero-order valence-corrected chi connectivity index (χ0v) is 19.5. The third kappa shape index (κ3) is 5.95. The van der Waals surface area contributed by atoms with E-state index in [2.05, 4.69) is 0 Å². The van der Waals surface area contributed by atoms with Crippen molar-refractivity contribution in [3.8, 4) is 0 Å². The quantitative estimate of drug-likeness (QED) is 0.435. The van der Waals surface area contributed by atoms with Crippen molar-refractivity contribution in [3.63, 3.8) is 0 Å². The van der Waals surface area contributed by atoms with Gasteiger partial charge in [0.05, 0.1) is 18.8 Å². The molecular weight excluding hydrogens is 460 g/mol. The summed E-state index contributed by atoms with van der Waals surface area (Å²) in [4.78, 5) is 28.1. The largest absolute Gasteiger partial charge is 0.445 e. The molecule has 0 aromatic heterocycles. The Kier molecular flexibility index (Phi) is 7.18. The Bertz CT molecular complexity index is 1150. The molecule has 0 radical (unpaired) electrons. The molecule has 0 N–H and O–H groups in total. The molecule has 2 heterocycles. The third-order valence-corrected chi connectivity index (χ3v) is 6.14. The summed E-state index contributed by atoms with van der Waals surface area (Å²) in [7, 11) is -3.62. The zero-order valence-electron chi connectivity index (χ0n) is 18.7. The van der Waals surface area contributed by atoms with E-state index in [4.69, 9.17) is 13.7 Å². The van der Waals surface area contributed by atoms with Gasteiger partial charge in [0.2, 0.25) is 0 Å². The molecule has 4 rings (SSSR count). The Balaban J connectivity index is 1.40. The summed E-state index contributed by atoms with van der Waals surface area (Å²) in [5.41, 5.74) is 2.44. The predicted molar refractivity (Wildman–Crippen MR) is 125 cm³/mol. The fraction of sp³-hybridized carbons (Fsp3) is 0.333. The second-order valence-electron chi connectivity index (χ2n) is 8.11. The van der Waals surface area contributed by atoms with Crippen molar-refractivity contribution in [1.29, 1.82) is 0 Å². The Hall–Kier alpha value is -3.37. The van der Waals surface area contributed by atoms with Crippen LogP contribution in [0.1, 0.15) is 23.6 Å². The summed E-state index contributed by atoms with van der Waals surface area (Å²) in [6, 6.07) is 16.6. The van der Waals surface area contributed by atoms with Crippen molar-refractivity contribution >= 4 is 28.0 Å². The standard InChI is InChI=1S/C24H26N2O7S/c1-34(29,30)32-17-21-15-26(24(28)33-21)20-12-10-19(11-13-20)22-9-5-6-14-25(22)23(27)31-16-18-7-3-2-4-8-18/h2-8,10-13,21-22H,9,14-17H2,1H3. The van der Waals surface area contributed by atoms with Crippen LogP contribution in [0.5, 0.6) is 0 Å². The van der Waals surface area contributed by atoms with Gasteiger partial charge in [0.15, 0.2) is 0 Å². The Morgan fingerprint density at radius 3 is 2.53 bits per heavy atom. The summed E-state index contributed by atoms with van der Waals surface area (Å²) in [6.45, 7) is 0.596. The van der Waals surface area contributed by atoms with E-state index in [0.717, 1.165) is 17.4 Å². The minimum atomic E-state index is -3.62. The van der Waals surface area contributed by atoms with Gasteiger partial charge in [-0.3, -0.25) is 14.0 Å². The van der Waals surface area contributed by atoms with Crippen LogP contribution in [-0.2, 0) is 30.4 Å². The van der Waals surface area contributed by atoms with E-state index >= 15 is 0 Å². The number of hydrogen-bond acceptors (Lipinski definition) is 7. The lowest BCUT2D eigenvalue weighted by Gasteiger charge is -2.32. The van der Waals surface area contributed by atoms with Crippen LogP contribution in [0.4, 0.5) is 15.3 Å². The fourth-order valence-corrected chi connectivity index (χ4v) is 4.28. The normalized spacial score (nSPS) is 20.3. The number of ether oxygens (including phenoxy) is 2. The SMILES string of the molecule is CS(=O)(=O)OCC1CN(c2ccc(C3CC=CCN3C(=O)OCc3ccccc3)cc2)C(=O)O1. The van der Waals surface area contributed by atoms with Crippen LogP contribution < -0.4 is 4.90 Å². The maximum absolute atomic E-state index is 12.8. The van der Waals surface area contributed by atoms with Gasteiger partial charge < -0.3 is 9.47 Å². The molecule has 2 amide bonds. The van der Waals surface area contributed by atoms with E-state index < -0.39 is 22.3 Å². The van der Waals surface area contributed by atoms with Crippen LogP contribution in [0.3, 0.4) is 0 Å². The topological polar surface area (TPSA) is 102 Å². The van der Waals surface area contributed by atoms with Crippen LogP contribution in [0, 0.1) is 0 Å². The van der Waals surface area contributed by atoms with E-state index in [1.807, 2.05) is 54.6 Å². The minimum Gasteiger partial charge on any atom is -0.445 e. The van der Waals surface area contributed by atoms with Crippen molar-refractivity contribution in [2.75, 3.05) is 30.9 Å². The highest BCUT2D eigenvalue weighted by Crippen LogP contribution is 2.31. The molecular formula is C24H26N2O7S. The number of benzene rings is 2. The third-order valence-electron chi connectivity index (χ3n) is 5.58. The molecule has 2 aliphatic heterocycles. The van der Waals surface area contributed by atoms with Crippen molar-refractivity contribution in [1.82, 2.24) is 4.90 Å². The monoisotopic (exact) mass is 486 g/mol. The van der Waals surface area contributed by atoms with Gasteiger partial charge in [0.25, 0.3) is 10.1 Å². The Labute approximate surface area is 198 Å². The number of cyclic esters (lactones) is 1. The molecule has 9 nitrogen and oxygen atoms in total. The molecule has 0 spiro atoms. The average Bonchev–Trinajstić information content (AvgIpc) is 3.22. The van der Waals surface area contributed by atoms with Crippen LogP contribution in [0.2, 0.25) is 0 Å². The van der Waals surface area contributed by atoms with Gasteiger partial charge in [-0.25, -0.2) is 9.59 Å². The lowest BCUT2D eigenvalue weighted by Crippen LogP contribution is -2.37. The van der Waals surface area contributed by atoms with E-state index in [1.54, 1.807) is 17.0 Å². The first-order chi connectivity index (χ1) is 16.3. The smallest absolute Gasteiger partial charge is 0.414 e. The lowest BCUT2D eigenvalue weighted by molar-refractivity contribution is 0.0832. The molecule has 1 saturated heterocycles. The number of nitrogens with zero attached hydrogens (tertiary/aromatic N) is 2. The summed E-state index contributed by atoms with van der Waals surface area (Å²) in [5.74, 6) is 0. The average molecular weight is 487 g/mol. The number of carbonyl (C=O) groups is 2. The minimum absolute atomic E-state index is 0.178. The second kappa shape index (κ2) is 10.3. The number of anilines is 1. The van der Waals surface area contributed by atoms with Gasteiger partial charge >= 0.3 is 12.2 Å². The van der Waals surface area contributed by atoms with Crippen LogP contribution >= 0.6 is 0 Å². The van der Waals surface area contributed by atoms with E-state index in [-0.39, 0.29) is 31.9 Å². The predicted octanol–water partition coefficient (Wildman–Crippen LogP) is 3.63. The first kappa shape index (κ1) is 23.8. The van der Waals surface area contributed by atoms with Crippen molar-refractivity contribution < 1.29 is 31.7 Å². The molecule has 2 aliphatic rings. The second-order valence-corrected chi connectivity index (χ2v) is 9.76. The molecule has 10 heteroatoms. The lowest BCUT2D eigenvalue weighted by atomic mass is 9.99. The van der Waals surface area contributed by atoms with Crippen LogP contribution in [-0.4, -0.2) is 57.6 Å². The van der Waals surface area contributed by atoms with Crippen LogP contribution in [0.15, 0.2) is 66.7 Å². The number of amides is 2. The van der Waals surface area contributed by atoms with Crippen molar-refractivity contribution in [2.45, 2.75) is 25.2 Å². The van der Waals surface area contributed by atoms with Crippen molar-refractivity contribution in [3.05, 3.63) is 77.9 Å². The summed E-state index contributed by atoms with van der Waals surface area (Å²) >= 11 is 0. The molecule has 180 valence electrons. The van der Waals surface area contributed by atoms with E-state index in [1.165, 1.54) is 4.90 Å². The first-order valence-corrected chi connectivity index (χ1v) is 12.7. The summed E-state index contributed by atoms with van der Waals surface area (Å²) < 4.78 is 37.8. The Morgan fingerprint density at radius 1 is 1.09 bits per heavy atom. The molecule has 0 saturated carbocycles. The molecule has 2 aromatic rings. The van der Waals surface area contributed by atoms with Gasteiger partial charge in [-0.1, -0.05) is 54.6 Å². The van der Waals surface area contributed by atoms with Gasteiger partial charge in [0.1, 0.15) is 19.3 Å². The summed E-state index contributed by atoms with van der Waals surface area (Å²) in [6.07, 6.45) is 3.93. The van der Waals surface area contributed by atoms with E-state index in [0.29, 0.717) is 18.7 Å². The molecule has 0 aliphatic carbocycles. The Morgan fingerprint density at radius 2 is 1.82 bits per heavy atom. The van der Waals surface area contributed by atoms with Crippen LogP contribution in [0.25, 0.3) is 0 Å². The highest BCUT2D eigenvalue weighted by molar-refractivity contribution is 7.85. The zero-order chi connectivity index (χ0) is 24.1. The van der Waals surface area contributed by atoms with Gasteiger partial charge in [-0.05, 0) is 29.7 Å². The van der Waals surface area contributed by atoms with Gasteiger partial charge in [0, 0.05) is 12.2 Å². The number of rotatable bonds is 7. The molecule has 2 unspecified atom stereocenters. The molecule has 1 fully saturated rings. The highest BCUT2D eigenvalue weighted by atomic mass is 32.2. The maximum atomic E-state index is 12.8. The molecule has 2 aromatic carbocycles. The number of hydrogen-bond donors (Lipinski definition) is 0. The van der Waals surface area contributed by atoms with Gasteiger partial charge in [-0.2, -0.15) is 8.42 Å². The summed E-state index contributed by atoms with van der Waals surface area (Å²) in [5, 5.41) is 0. The van der Waals surface area contributed by atoms with Gasteiger partial charge in [-0.15, -0.1) is 0 Å². The first-order valence-electron chi connectivity index (χ1n) is 10.8. The van der Waals surface area contributed by atoms with E-state index in [9.17, 15) is 18.0 Å². The maximum Gasteiger partial charge on any atom is 0.414 e. The molecule has 34 heavy (non-hydrogen) atoms. The highest BCUT2D eigenvalue weighted by Gasteiger charge is 2.34. The molecule has 2 atom stereocenters. The van der Waals surface area contributed by atoms with Crippen molar-refractivity contribution in [2.24, 2.45) is 0 Å².